The SMILES string of the molecule is COC(=O)[C@H]1C[C@H]2CN(C(=O)Cc3ccccc3O)CC(=O)N2[C@H]1c1ccccc1. The number of fused-ring (bicyclic) bond motifs is 1. The zero-order valence-corrected chi connectivity index (χ0v) is 16.7. The maximum Gasteiger partial charge on any atom is 0.311 e. The van der Waals surface area contributed by atoms with Gasteiger partial charge in [0.2, 0.25) is 11.8 Å². The van der Waals surface area contributed by atoms with Gasteiger partial charge in [0.05, 0.1) is 38.1 Å². The minimum atomic E-state index is -0.473. The Labute approximate surface area is 174 Å². The second-order valence-electron chi connectivity index (χ2n) is 7.76. The maximum absolute atomic E-state index is 13.1. The summed E-state index contributed by atoms with van der Waals surface area (Å²) >= 11 is 0. The fraction of sp³-hybridized carbons (Fsp3) is 0.348. The molecule has 2 aromatic rings. The van der Waals surface area contributed by atoms with E-state index in [1.54, 1.807) is 23.1 Å². The number of para-hydroxylation sites is 1. The van der Waals surface area contributed by atoms with Crippen LogP contribution in [0.15, 0.2) is 54.6 Å². The molecule has 2 aliphatic heterocycles. The number of rotatable bonds is 4. The molecule has 4 rings (SSSR count). The average molecular weight is 408 g/mol. The fourth-order valence-corrected chi connectivity index (χ4v) is 4.59. The summed E-state index contributed by atoms with van der Waals surface area (Å²) in [4.78, 5) is 41.7. The standard InChI is InChI=1S/C23H24N2O5/c1-30-23(29)18-12-17-13-24(20(27)11-16-9-5-6-10-19(16)26)14-21(28)25(17)22(18)15-7-3-2-4-8-15/h2-10,17-18,22,26H,11-14H2,1H3/t17-,18-,22-/m0/s1. The van der Waals surface area contributed by atoms with Gasteiger partial charge in [-0.2, -0.15) is 0 Å². The molecular weight excluding hydrogens is 384 g/mol. The molecule has 1 N–H and O–H groups in total. The molecule has 2 aliphatic rings. The molecule has 0 unspecified atom stereocenters. The van der Waals surface area contributed by atoms with Gasteiger partial charge >= 0.3 is 5.97 Å². The summed E-state index contributed by atoms with van der Waals surface area (Å²) in [7, 11) is 1.35. The third-order valence-corrected chi connectivity index (χ3v) is 5.98. The van der Waals surface area contributed by atoms with Gasteiger partial charge in [-0.05, 0) is 18.1 Å². The van der Waals surface area contributed by atoms with Crippen LogP contribution in [0.1, 0.15) is 23.6 Å². The first-order valence-electron chi connectivity index (χ1n) is 9.98. The number of carbonyl (C=O) groups excluding carboxylic acids is 3. The van der Waals surface area contributed by atoms with Gasteiger partial charge in [-0.3, -0.25) is 14.4 Å². The predicted octanol–water partition coefficient (Wildman–Crippen LogP) is 1.91. The summed E-state index contributed by atoms with van der Waals surface area (Å²) < 4.78 is 5.01. The van der Waals surface area contributed by atoms with Gasteiger partial charge in [0, 0.05) is 12.1 Å². The maximum atomic E-state index is 13.1. The topological polar surface area (TPSA) is 87.1 Å². The number of hydrogen-bond donors (Lipinski definition) is 1. The Morgan fingerprint density at radius 3 is 2.50 bits per heavy atom. The first-order valence-corrected chi connectivity index (χ1v) is 9.98. The molecule has 0 spiro atoms. The van der Waals surface area contributed by atoms with Crippen molar-refractivity contribution in [1.29, 1.82) is 0 Å². The van der Waals surface area contributed by atoms with Crippen LogP contribution in [0.25, 0.3) is 0 Å². The van der Waals surface area contributed by atoms with Crippen LogP contribution in [0.4, 0.5) is 0 Å². The Bertz CT molecular complexity index is 961. The van der Waals surface area contributed by atoms with Gasteiger partial charge < -0.3 is 19.6 Å². The lowest BCUT2D eigenvalue weighted by Crippen LogP contribution is -2.56. The van der Waals surface area contributed by atoms with Crippen molar-refractivity contribution in [3.63, 3.8) is 0 Å². The molecule has 0 aromatic heterocycles. The van der Waals surface area contributed by atoms with Crippen LogP contribution in [0, 0.1) is 5.92 Å². The number of piperazine rings is 1. The van der Waals surface area contributed by atoms with Crippen molar-refractivity contribution in [3.8, 4) is 5.75 Å². The molecule has 2 amide bonds. The highest BCUT2D eigenvalue weighted by atomic mass is 16.5. The van der Waals surface area contributed by atoms with Crippen LogP contribution in [-0.2, 0) is 25.5 Å². The van der Waals surface area contributed by atoms with E-state index in [-0.39, 0.29) is 42.5 Å². The number of aromatic hydroxyl groups is 1. The van der Waals surface area contributed by atoms with Gasteiger partial charge in [0.1, 0.15) is 5.75 Å². The first kappa shape index (κ1) is 19.9. The first-order chi connectivity index (χ1) is 14.5. The molecule has 2 heterocycles. The van der Waals surface area contributed by atoms with E-state index >= 15 is 0 Å². The molecule has 7 heteroatoms. The number of phenolic OH excluding ortho intramolecular Hbond substituents is 1. The summed E-state index contributed by atoms with van der Waals surface area (Å²) in [6, 6.07) is 15.5. The number of esters is 1. The fourth-order valence-electron chi connectivity index (χ4n) is 4.59. The zero-order chi connectivity index (χ0) is 21.3. The molecule has 156 valence electrons. The Kier molecular flexibility index (Phi) is 5.44. The molecule has 0 saturated carbocycles. The monoisotopic (exact) mass is 408 g/mol. The van der Waals surface area contributed by atoms with E-state index in [1.165, 1.54) is 18.1 Å². The largest absolute Gasteiger partial charge is 0.508 e. The molecule has 0 radical (unpaired) electrons. The highest BCUT2D eigenvalue weighted by Gasteiger charge is 2.51. The summed E-state index contributed by atoms with van der Waals surface area (Å²) in [6.07, 6.45) is 0.466. The minimum absolute atomic E-state index is 0.0230. The van der Waals surface area contributed by atoms with E-state index < -0.39 is 12.0 Å². The molecular formula is C23H24N2O5. The van der Waals surface area contributed by atoms with Crippen molar-refractivity contribution < 1.29 is 24.2 Å². The summed E-state index contributed by atoms with van der Waals surface area (Å²) in [5, 5.41) is 9.95. The lowest BCUT2D eigenvalue weighted by atomic mass is 9.93. The Balaban J connectivity index is 1.56. The van der Waals surface area contributed by atoms with Crippen molar-refractivity contribution in [2.75, 3.05) is 20.2 Å². The molecule has 3 atom stereocenters. The minimum Gasteiger partial charge on any atom is -0.508 e. The van der Waals surface area contributed by atoms with Crippen LogP contribution in [-0.4, -0.2) is 58.9 Å². The zero-order valence-electron chi connectivity index (χ0n) is 16.7. The normalized spacial score (nSPS) is 23.2. The van der Waals surface area contributed by atoms with Crippen molar-refractivity contribution in [1.82, 2.24) is 9.80 Å². The van der Waals surface area contributed by atoms with Crippen molar-refractivity contribution in [2.45, 2.75) is 24.9 Å². The van der Waals surface area contributed by atoms with Gasteiger partial charge in [0.15, 0.2) is 0 Å². The number of ether oxygens (including phenoxy) is 1. The summed E-state index contributed by atoms with van der Waals surface area (Å²) in [6.45, 7) is 0.315. The highest BCUT2D eigenvalue weighted by Crippen LogP contribution is 2.43. The molecule has 2 fully saturated rings. The molecule has 0 bridgehead atoms. The Hall–Kier alpha value is -3.35. The van der Waals surface area contributed by atoms with E-state index in [9.17, 15) is 19.5 Å². The summed E-state index contributed by atoms with van der Waals surface area (Å²) in [5.74, 6) is -1.16. The summed E-state index contributed by atoms with van der Waals surface area (Å²) in [5.41, 5.74) is 1.41. The van der Waals surface area contributed by atoms with Crippen molar-refractivity contribution >= 4 is 17.8 Å². The highest BCUT2D eigenvalue weighted by molar-refractivity contribution is 5.89. The van der Waals surface area contributed by atoms with Crippen molar-refractivity contribution in [2.24, 2.45) is 5.92 Å². The van der Waals surface area contributed by atoms with Gasteiger partial charge in [-0.25, -0.2) is 0 Å². The number of phenols is 1. The average Bonchev–Trinajstić information content (AvgIpc) is 3.15. The van der Waals surface area contributed by atoms with Crippen LogP contribution < -0.4 is 0 Å². The number of carbonyl (C=O) groups is 3. The molecule has 0 aliphatic carbocycles. The van der Waals surface area contributed by atoms with Crippen LogP contribution in [0.5, 0.6) is 5.75 Å². The van der Waals surface area contributed by atoms with Crippen LogP contribution >= 0.6 is 0 Å². The van der Waals surface area contributed by atoms with E-state index in [2.05, 4.69) is 0 Å². The van der Waals surface area contributed by atoms with Crippen LogP contribution in [0.3, 0.4) is 0 Å². The lowest BCUT2D eigenvalue weighted by Gasteiger charge is -2.40. The number of methoxy groups -OCH3 is 1. The van der Waals surface area contributed by atoms with Crippen molar-refractivity contribution in [3.05, 3.63) is 65.7 Å². The quantitative estimate of drug-likeness (QED) is 0.781. The number of hydrogen-bond acceptors (Lipinski definition) is 5. The van der Waals surface area contributed by atoms with Gasteiger partial charge in [-0.15, -0.1) is 0 Å². The Morgan fingerprint density at radius 1 is 1.10 bits per heavy atom. The van der Waals surface area contributed by atoms with E-state index in [1.807, 2.05) is 30.3 Å². The van der Waals surface area contributed by atoms with Gasteiger partial charge in [0.25, 0.3) is 0 Å². The van der Waals surface area contributed by atoms with E-state index in [0.29, 0.717) is 18.5 Å². The van der Waals surface area contributed by atoms with Crippen LogP contribution in [0.2, 0.25) is 0 Å². The molecule has 30 heavy (non-hydrogen) atoms. The predicted molar refractivity (Wildman–Crippen MR) is 108 cm³/mol. The Morgan fingerprint density at radius 2 is 1.80 bits per heavy atom. The third-order valence-electron chi connectivity index (χ3n) is 5.98. The molecule has 2 saturated heterocycles. The molecule has 7 nitrogen and oxygen atoms in total. The van der Waals surface area contributed by atoms with E-state index in [4.69, 9.17) is 4.74 Å². The number of benzene rings is 2. The second-order valence-corrected chi connectivity index (χ2v) is 7.76. The smallest absolute Gasteiger partial charge is 0.311 e. The van der Waals surface area contributed by atoms with E-state index in [0.717, 1.165) is 5.56 Å². The number of amides is 2. The second kappa shape index (κ2) is 8.18. The van der Waals surface area contributed by atoms with Gasteiger partial charge in [-0.1, -0.05) is 48.5 Å². The third kappa shape index (κ3) is 3.63. The molecule has 2 aromatic carbocycles. The lowest BCUT2D eigenvalue weighted by molar-refractivity contribution is -0.150. The number of nitrogens with zero attached hydrogens (tertiary/aromatic N) is 2.